The van der Waals surface area contributed by atoms with Crippen molar-refractivity contribution in [3.05, 3.63) is 55.9 Å². The Labute approximate surface area is 117 Å². The maximum Gasteiger partial charge on any atom is 0.254 e. The molecule has 94 valence electrons. The van der Waals surface area contributed by atoms with Crippen LogP contribution >= 0.6 is 27.3 Å². The second-order valence-corrected chi connectivity index (χ2v) is 5.67. The Bertz CT molecular complexity index is 582. The van der Waals surface area contributed by atoms with Crippen molar-refractivity contribution in [2.75, 3.05) is 0 Å². The first-order chi connectivity index (χ1) is 8.59. The van der Waals surface area contributed by atoms with E-state index in [2.05, 4.69) is 21.2 Å². The Morgan fingerprint density at radius 1 is 1.44 bits per heavy atom. The van der Waals surface area contributed by atoms with Gasteiger partial charge in [-0.05, 0) is 45.9 Å². The molecule has 2 rings (SSSR count). The van der Waals surface area contributed by atoms with Crippen molar-refractivity contribution in [1.29, 1.82) is 0 Å². The summed E-state index contributed by atoms with van der Waals surface area (Å²) >= 11 is 4.92. The van der Waals surface area contributed by atoms with Crippen LogP contribution in [-0.2, 0) is 6.54 Å². The van der Waals surface area contributed by atoms with E-state index in [4.69, 9.17) is 0 Å². The number of hydrogen-bond donors (Lipinski definition) is 1. The van der Waals surface area contributed by atoms with E-state index in [0.29, 0.717) is 12.1 Å². The average molecular weight is 328 g/mol. The van der Waals surface area contributed by atoms with Crippen LogP contribution in [0.4, 0.5) is 4.39 Å². The third-order valence-corrected chi connectivity index (χ3v) is 4.46. The van der Waals surface area contributed by atoms with E-state index >= 15 is 0 Å². The van der Waals surface area contributed by atoms with E-state index in [1.165, 1.54) is 17.4 Å². The molecule has 0 fully saturated rings. The predicted molar refractivity (Wildman–Crippen MR) is 74.3 cm³/mol. The number of hydrogen-bond acceptors (Lipinski definition) is 2. The first-order valence-corrected chi connectivity index (χ1v) is 7.02. The Balaban J connectivity index is 2.09. The number of amides is 1. The van der Waals surface area contributed by atoms with Gasteiger partial charge in [0.05, 0.1) is 12.1 Å². The van der Waals surface area contributed by atoms with Crippen LogP contribution in [0.2, 0.25) is 0 Å². The lowest BCUT2D eigenvalue weighted by molar-refractivity contribution is 0.0947. The van der Waals surface area contributed by atoms with Crippen LogP contribution in [0.5, 0.6) is 0 Å². The number of benzene rings is 1. The van der Waals surface area contributed by atoms with Crippen LogP contribution in [0.1, 0.15) is 20.8 Å². The summed E-state index contributed by atoms with van der Waals surface area (Å²) in [7, 11) is 0. The van der Waals surface area contributed by atoms with Crippen molar-refractivity contribution in [3.63, 3.8) is 0 Å². The van der Waals surface area contributed by atoms with Crippen LogP contribution in [0.15, 0.2) is 34.1 Å². The van der Waals surface area contributed by atoms with Crippen molar-refractivity contribution in [1.82, 2.24) is 5.32 Å². The molecule has 0 radical (unpaired) electrons. The van der Waals surface area contributed by atoms with Crippen molar-refractivity contribution < 1.29 is 9.18 Å². The molecule has 2 nitrogen and oxygen atoms in total. The fourth-order valence-electron chi connectivity index (χ4n) is 1.53. The fourth-order valence-corrected chi connectivity index (χ4v) is 2.96. The molecule has 0 saturated heterocycles. The number of aryl methyl sites for hydroxylation is 1. The maximum atomic E-state index is 13.7. The molecule has 5 heteroatoms. The molecule has 1 heterocycles. The Hall–Kier alpha value is -1.20. The van der Waals surface area contributed by atoms with Gasteiger partial charge in [-0.1, -0.05) is 12.1 Å². The van der Waals surface area contributed by atoms with Gasteiger partial charge in [0.15, 0.2) is 0 Å². The second-order valence-electron chi connectivity index (χ2n) is 3.81. The number of nitrogens with one attached hydrogen (secondary N) is 1. The minimum atomic E-state index is -0.458. The van der Waals surface area contributed by atoms with Crippen LogP contribution < -0.4 is 5.32 Å². The maximum absolute atomic E-state index is 13.7. The quantitative estimate of drug-likeness (QED) is 0.910. The number of thiophene rings is 1. The second kappa shape index (κ2) is 5.63. The van der Waals surface area contributed by atoms with E-state index in [0.717, 1.165) is 9.35 Å². The summed E-state index contributed by atoms with van der Waals surface area (Å²) in [5.74, 6) is -0.850. The summed E-state index contributed by atoms with van der Waals surface area (Å²) in [6.07, 6.45) is 0. The largest absolute Gasteiger partial charge is 0.347 e. The van der Waals surface area contributed by atoms with Gasteiger partial charge >= 0.3 is 0 Å². The molecule has 1 N–H and O–H groups in total. The number of carbonyl (C=O) groups is 1. The fraction of sp³-hybridized carbons (Fsp3) is 0.154. The normalized spacial score (nSPS) is 10.4. The average Bonchev–Trinajstić information content (AvgIpc) is 2.75. The van der Waals surface area contributed by atoms with E-state index in [-0.39, 0.29) is 5.56 Å². The SMILES string of the molecule is Cc1cccc(C(=O)NCc2sccc2Br)c1F. The molecular formula is C13H11BrFNOS. The van der Waals surface area contributed by atoms with Crippen molar-refractivity contribution in [2.45, 2.75) is 13.5 Å². The lowest BCUT2D eigenvalue weighted by Gasteiger charge is -2.06. The molecule has 0 spiro atoms. The smallest absolute Gasteiger partial charge is 0.254 e. The van der Waals surface area contributed by atoms with Crippen LogP contribution in [0.25, 0.3) is 0 Å². The first kappa shape index (κ1) is 13.2. The molecule has 18 heavy (non-hydrogen) atoms. The summed E-state index contributed by atoms with van der Waals surface area (Å²) in [5.41, 5.74) is 0.558. The molecule has 0 aliphatic carbocycles. The molecule has 0 bridgehead atoms. The molecular weight excluding hydrogens is 317 g/mol. The third-order valence-electron chi connectivity index (χ3n) is 2.54. The van der Waals surface area contributed by atoms with Crippen LogP contribution in [0, 0.1) is 12.7 Å². The van der Waals surface area contributed by atoms with E-state index in [9.17, 15) is 9.18 Å². The van der Waals surface area contributed by atoms with Gasteiger partial charge in [0.1, 0.15) is 5.82 Å². The minimum absolute atomic E-state index is 0.0858. The molecule has 0 saturated carbocycles. The van der Waals surface area contributed by atoms with Crippen LogP contribution in [0.3, 0.4) is 0 Å². The van der Waals surface area contributed by atoms with Crippen LogP contribution in [-0.4, -0.2) is 5.91 Å². The standard InChI is InChI=1S/C13H11BrFNOS/c1-8-3-2-4-9(12(8)15)13(17)16-7-11-10(14)5-6-18-11/h2-6H,7H2,1H3,(H,16,17). The van der Waals surface area contributed by atoms with Gasteiger partial charge in [-0.3, -0.25) is 4.79 Å². The highest BCUT2D eigenvalue weighted by atomic mass is 79.9. The summed E-state index contributed by atoms with van der Waals surface area (Å²) in [6, 6.07) is 6.72. The highest BCUT2D eigenvalue weighted by Crippen LogP contribution is 2.22. The number of halogens is 2. The molecule has 0 unspecified atom stereocenters. The molecule has 2 aromatic rings. The predicted octanol–water partition coefficient (Wildman–Crippen LogP) is 3.89. The van der Waals surface area contributed by atoms with Gasteiger partial charge in [0, 0.05) is 9.35 Å². The summed E-state index contributed by atoms with van der Waals surface area (Å²) in [5, 5.41) is 4.64. The summed E-state index contributed by atoms with van der Waals surface area (Å²) < 4.78 is 14.7. The Morgan fingerprint density at radius 3 is 2.89 bits per heavy atom. The summed E-state index contributed by atoms with van der Waals surface area (Å²) in [4.78, 5) is 12.9. The lowest BCUT2D eigenvalue weighted by Crippen LogP contribution is -2.23. The van der Waals surface area contributed by atoms with Gasteiger partial charge in [0.2, 0.25) is 0 Å². The molecule has 1 aromatic heterocycles. The Kier molecular flexibility index (Phi) is 4.14. The molecule has 0 aliphatic heterocycles. The third kappa shape index (κ3) is 2.79. The van der Waals surface area contributed by atoms with Gasteiger partial charge in [-0.15, -0.1) is 11.3 Å². The van der Waals surface area contributed by atoms with Crippen molar-refractivity contribution in [2.24, 2.45) is 0 Å². The zero-order valence-corrected chi connectivity index (χ0v) is 12.1. The highest BCUT2D eigenvalue weighted by Gasteiger charge is 2.13. The Morgan fingerprint density at radius 2 is 2.22 bits per heavy atom. The van der Waals surface area contributed by atoms with Gasteiger partial charge < -0.3 is 5.32 Å². The molecule has 1 amide bonds. The zero-order valence-electron chi connectivity index (χ0n) is 9.67. The highest BCUT2D eigenvalue weighted by molar-refractivity contribution is 9.10. The molecule has 1 aromatic carbocycles. The number of carbonyl (C=O) groups excluding carboxylic acids is 1. The lowest BCUT2D eigenvalue weighted by atomic mass is 10.1. The minimum Gasteiger partial charge on any atom is -0.347 e. The van der Waals surface area contributed by atoms with Crippen molar-refractivity contribution in [3.8, 4) is 0 Å². The molecule has 0 aliphatic rings. The topological polar surface area (TPSA) is 29.1 Å². The van der Waals surface area contributed by atoms with Gasteiger partial charge in [-0.2, -0.15) is 0 Å². The summed E-state index contributed by atoms with van der Waals surface area (Å²) in [6.45, 7) is 2.03. The first-order valence-electron chi connectivity index (χ1n) is 5.35. The number of rotatable bonds is 3. The monoisotopic (exact) mass is 327 g/mol. The van der Waals surface area contributed by atoms with E-state index < -0.39 is 11.7 Å². The molecule has 0 atom stereocenters. The zero-order chi connectivity index (χ0) is 13.1. The van der Waals surface area contributed by atoms with E-state index in [1.807, 2.05) is 11.4 Å². The van der Waals surface area contributed by atoms with Gasteiger partial charge in [-0.25, -0.2) is 4.39 Å². The van der Waals surface area contributed by atoms with E-state index in [1.54, 1.807) is 19.1 Å². The van der Waals surface area contributed by atoms with Gasteiger partial charge in [0.25, 0.3) is 5.91 Å². The van der Waals surface area contributed by atoms with Crippen molar-refractivity contribution >= 4 is 33.2 Å².